The van der Waals surface area contributed by atoms with Crippen LogP contribution in [0.5, 0.6) is 0 Å². The van der Waals surface area contributed by atoms with Crippen LogP contribution in [0.4, 0.5) is 5.69 Å². The minimum absolute atomic E-state index is 0.347. The van der Waals surface area contributed by atoms with Crippen LogP contribution in [-0.4, -0.2) is 48.7 Å². The van der Waals surface area contributed by atoms with Gasteiger partial charge in [-0.15, -0.1) is 0 Å². The van der Waals surface area contributed by atoms with Gasteiger partial charge in [0.1, 0.15) is 0 Å². The quantitative estimate of drug-likeness (QED) is 0.805. The summed E-state index contributed by atoms with van der Waals surface area (Å²) in [7, 11) is 0. The number of carbonyl (C=O) groups is 1. The highest BCUT2D eigenvalue weighted by atomic mass is 79.9. The Morgan fingerprint density at radius 2 is 1.80 bits per heavy atom. The van der Waals surface area contributed by atoms with E-state index in [9.17, 15) is 4.79 Å². The maximum atomic E-state index is 11.0. The van der Waals surface area contributed by atoms with Gasteiger partial charge in [0.25, 0.3) is 0 Å². The van der Waals surface area contributed by atoms with Gasteiger partial charge in [-0.05, 0) is 59.0 Å². The SMILES string of the molecule is CC1(C)CCC(CN2CCN(c3ccc(C(=O)O)cc3)CC2)=C(Br)C1. The number of piperazine rings is 1. The Kier molecular flexibility index (Phi) is 5.54. The summed E-state index contributed by atoms with van der Waals surface area (Å²) in [5.74, 6) is -0.870. The fourth-order valence-corrected chi connectivity index (χ4v) is 4.75. The highest BCUT2D eigenvalue weighted by molar-refractivity contribution is 9.11. The number of hydrogen-bond donors (Lipinski definition) is 1. The van der Waals surface area contributed by atoms with Gasteiger partial charge in [0.15, 0.2) is 0 Å². The van der Waals surface area contributed by atoms with E-state index >= 15 is 0 Å². The van der Waals surface area contributed by atoms with Gasteiger partial charge in [0, 0.05) is 38.4 Å². The Morgan fingerprint density at radius 1 is 1.16 bits per heavy atom. The van der Waals surface area contributed by atoms with E-state index in [-0.39, 0.29) is 0 Å². The molecule has 1 heterocycles. The average Bonchev–Trinajstić information content (AvgIpc) is 2.58. The molecule has 1 N–H and O–H groups in total. The Bertz CT molecular complexity index is 659. The molecule has 5 heteroatoms. The molecule has 0 spiro atoms. The molecular weight excluding hydrogens is 380 g/mol. The molecule has 4 nitrogen and oxygen atoms in total. The van der Waals surface area contributed by atoms with Crippen LogP contribution in [0.1, 0.15) is 43.5 Å². The molecule has 1 aliphatic heterocycles. The van der Waals surface area contributed by atoms with Gasteiger partial charge in [0.2, 0.25) is 0 Å². The van der Waals surface area contributed by atoms with E-state index in [0.29, 0.717) is 11.0 Å². The predicted molar refractivity (Wildman–Crippen MR) is 106 cm³/mol. The van der Waals surface area contributed by atoms with Crippen LogP contribution in [0, 0.1) is 5.41 Å². The molecule has 0 aromatic heterocycles. The highest BCUT2D eigenvalue weighted by Crippen LogP contribution is 2.41. The van der Waals surface area contributed by atoms with Crippen molar-refractivity contribution in [3.8, 4) is 0 Å². The predicted octanol–water partition coefficient (Wildman–Crippen LogP) is 4.37. The fourth-order valence-electron chi connectivity index (χ4n) is 3.67. The van der Waals surface area contributed by atoms with Crippen molar-refractivity contribution in [1.29, 1.82) is 0 Å². The highest BCUT2D eigenvalue weighted by Gasteiger charge is 2.27. The third-order valence-corrected chi connectivity index (χ3v) is 6.23. The fraction of sp³-hybridized carbons (Fsp3) is 0.550. The molecule has 0 unspecified atom stereocenters. The second kappa shape index (κ2) is 7.50. The van der Waals surface area contributed by atoms with Gasteiger partial charge in [-0.25, -0.2) is 4.79 Å². The standard InChI is InChI=1S/C20H27BrN2O2/c1-20(2)8-7-16(18(21)13-20)14-22-9-11-23(12-10-22)17-5-3-15(4-6-17)19(24)25/h3-6H,7-14H2,1-2H3,(H,24,25). The Labute approximate surface area is 158 Å². The first-order chi connectivity index (χ1) is 11.8. The number of allylic oxidation sites excluding steroid dienone is 1. The lowest BCUT2D eigenvalue weighted by atomic mass is 9.78. The van der Waals surface area contributed by atoms with Gasteiger partial charge in [0.05, 0.1) is 5.56 Å². The summed E-state index contributed by atoms with van der Waals surface area (Å²) in [5, 5.41) is 9.00. The minimum atomic E-state index is -0.870. The molecule has 136 valence electrons. The van der Waals surface area contributed by atoms with Crippen LogP contribution in [0.3, 0.4) is 0 Å². The molecule has 0 radical (unpaired) electrons. The first-order valence-corrected chi connectivity index (χ1v) is 9.80. The lowest BCUT2D eigenvalue weighted by Gasteiger charge is -2.38. The monoisotopic (exact) mass is 406 g/mol. The molecule has 0 saturated carbocycles. The van der Waals surface area contributed by atoms with Crippen molar-refractivity contribution in [2.45, 2.75) is 33.1 Å². The number of aromatic carboxylic acids is 1. The summed E-state index contributed by atoms with van der Waals surface area (Å²) in [6.07, 6.45) is 3.62. The largest absolute Gasteiger partial charge is 0.478 e. The Hall–Kier alpha value is -1.33. The molecule has 2 aliphatic rings. The molecule has 0 bridgehead atoms. The molecule has 1 aliphatic carbocycles. The average molecular weight is 407 g/mol. The van der Waals surface area contributed by atoms with E-state index in [2.05, 4.69) is 39.6 Å². The number of anilines is 1. The number of halogens is 1. The molecule has 25 heavy (non-hydrogen) atoms. The normalized spacial score (nSPS) is 21.5. The number of benzene rings is 1. The second-order valence-electron chi connectivity index (χ2n) is 7.96. The molecular formula is C20H27BrN2O2. The van der Waals surface area contributed by atoms with Gasteiger partial charge < -0.3 is 10.0 Å². The van der Waals surface area contributed by atoms with Crippen LogP contribution in [0.15, 0.2) is 34.3 Å². The molecule has 3 rings (SSSR count). The van der Waals surface area contributed by atoms with Crippen molar-refractivity contribution in [2.75, 3.05) is 37.6 Å². The summed E-state index contributed by atoms with van der Waals surface area (Å²) in [6.45, 7) is 9.84. The number of carboxylic acid groups (broad SMARTS) is 1. The van der Waals surface area contributed by atoms with E-state index < -0.39 is 5.97 Å². The molecule has 1 aromatic carbocycles. The maximum absolute atomic E-state index is 11.0. The van der Waals surface area contributed by atoms with Crippen molar-refractivity contribution in [3.05, 3.63) is 39.9 Å². The zero-order chi connectivity index (χ0) is 18.0. The summed E-state index contributed by atoms with van der Waals surface area (Å²) in [5.41, 5.74) is 3.45. The first kappa shape index (κ1) is 18.5. The van der Waals surface area contributed by atoms with Crippen LogP contribution >= 0.6 is 15.9 Å². The zero-order valence-corrected chi connectivity index (χ0v) is 16.7. The Balaban J connectivity index is 1.54. The van der Waals surface area contributed by atoms with E-state index in [1.54, 1.807) is 17.7 Å². The first-order valence-electron chi connectivity index (χ1n) is 9.01. The van der Waals surface area contributed by atoms with E-state index in [1.807, 2.05) is 12.1 Å². The van der Waals surface area contributed by atoms with Gasteiger partial charge >= 0.3 is 5.97 Å². The number of hydrogen-bond acceptors (Lipinski definition) is 3. The summed E-state index contributed by atoms with van der Waals surface area (Å²) in [4.78, 5) is 15.8. The second-order valence-corrected chi connectivity index (χ2v) is 8.92. The van der Waals surface area contributed by atoms with Crippen molar-refractivity contribution >= 4 is 27.6 Å². The van der Waals surface area contributed by atoms with Gasteiger partial charge in [-0.2, -0.15) is 0 Å². The van der Waals surface area contributed by atoms with Gasteiger partial charge in [-0.3, -0.25) is 4.90 Å². The van der Waals surface area contributed by atoms with E-state index in [0.717, 1.165) is 44.8 Å². The van der Waals surface area contributed by atoms with Crippen molar-refractivity contribution in [3.63, 3.8) is 0 Å². The van der Waals surface area contributed by atoms with Crippen LogP contribution in [0.2, 0.25) is 0 Å². The number of nitrogens with zero attached hydrogens (tertiary/aromatic N) is 2. The lowest BCUT2D eigenvalue weighted by Crippen LogP contribution is -2.47. The smallest absolute Gasteiger partial charge is 0.335 e. The summed E-state index contributed by atoms with van der Waals surface area (Å²) in [6, 6.07) is 7.22. The van der Waals surface area contributed by atoms with Crippen LogP contribution in [-0.2, 0) is 0 Å². The molecule has 1 aromatic rings. The van der Waals surface area contributed by atoms with Gasteiger partial charge in [-0.1, -0.05) is 29.8 Å². The molecule has 1 fully saturated rings. The topological polar surface area (TPSA) is 43.8 Å². The molecule has 0 amide bonds. The number of carboxylic acids is 1. The third kappa shape index (κ3) is 4.64. The van der Waals surface area contributed by atoms with Crippen molar-refractivity contribution in [1.82, 2.24) is 4.90 Å². The summed E-state index contributed by atoms with van der Waals surface area (Å²) < 4.78 is 1.41. The van der Waals surface area contributed by atoms with Crippen molar-refractivity contribution < 1.29 is 9.90 Å². The van der Waals surface area contributed by atoms with E-state index in [1.165, 1.54) is 17.3 Å². The van der Waals surface area contributed by atoms with E-state index in [4.69, 9.17) is 5.11 Å². The Morgan fingerprint density at radius 3 is 2.36 bits per heavy atom. The maximum Gasteiger partial charge on any atom is 0.335 e. The molecule has 1 saturated heterocycles. The zero-order valence-electron chi connectivity index (χ0n) is 15.1. The summed E-state index contributed by atoms with van der Waals surface area (Å²) >= 11 is 3.82. The third-order valence-electron chi connectivity index (χ3n) is 5.39. The lowest BCUT2D eigenvalue weighted by molar-refractivity contribution is 0.0697. The minimum Gasteiger partial charge on any atom is -0.478 e. The van der Waals surface area contributed by atoms with Crippen LogP contribution in [0.25, 0.3) is 0 Å². The molecule has 0 atom stereocenters. The van der Waals surface area contributed by atoms with Crippen LogP contribution < -0.4 is 4.90 Å². The number of rotatable bonds is 4. The van der Waals surface area contributed by atoms with Crippen molar-refractivity contribution in [2.24, 2.45) is 5.41 Å².